The molecule has 0 N–H and O–H groups in total. The number of rotatable bonds is 4. The summed E-state index contributed by atoms with van der Waals surface area (Å²) in [5, 5.41) is 11.7. The third-order valence-electron chi connectivity index (χ3n) is 5.87. The Morgan fingerprint density at radius 1 is 0.971 bits per heavy atom. The lowest BCUT2D eigenvalue weighted by Gasteiger charge is -2.34. The predicted molar refractivity (Wildman–Crippen MR) is 131 cm³/mol. The number of hydrogen-bond acceptors (Lipinski definition) is 6. The average Bonchev–Trinajstić information content (AvgIpc) is 3.43. The molecular formula is C25H20N4O3S2. The number of nitriles is 1. The second-order valence-electron chi connectivity index (χ2n) is 7.88. The van der Waals surface area contributed by atoms with Gasteiger partial charge in [-0.1, -0.05) is 24.3 Å². The molecule has 0 aliphatic carbocycles. The number of para-hydroxylation sites is 1. The van der Waals surface area contributed by atoms with E-state index in [1.54, 1.807) is 16.2 Å². The largest absolute Gasteiger partial charge is 0.336 e. The van der Waals surface area contributed by atoms with Gasteiger partial charge in [-0.3, -0.25) is 4.79 Å². The number of piperazine rings is 1. The molecule has 2 aromatic carbocycles. The molecule has 34 heavy (non-hydrogen) atoms. The van der Waals surface area contributed by atoms with Crippen LogP contribution in [0.1, 0.15) is 15.9 Å². The summed E-state index contributed by atoms with van der Waals surface area (Å²) >= 11 is 1.57. The van der Waals surface area contributed by atoms with Crippen LogP contribution < -0.4 is 0 Å². The van der Waals surface area contributed by atoms with E-state index in [1.165, 1.54) is 28.6 Å². The van der Waals surface area contributed by atoms with Crippen molar-refractivity contribution in [1.29, 1.82) is 5.26 Å². The smallest absolute Gasteiger partial charge is 0.254 e. The lowest BCUT2D eigenvalue weighted by molar-refractivity contribution is 0.0700. The lowest BCUT2D eigenvalue weighted by atomic mass is 10.1. The Labute approximate surface area is 201 Å². The van der Waals surface area contributed by atoms with Crippen LogP contribution in [0.2, 0.25) is 0 Å². The summed E-state index contributed by atoms with van der Waals surface area (Å²) in [5.74, 6) is -0.133. The van der Waals surface area contributed by atoms with Crippen molar-refractivity contribution in [3.8, 4) is 16.6 Å². The summed E-state index contributed by atoms with van der Waals surface area (Å²) in [6.07, 6.45) is 0. The first-order chi connectivity index (χ1) is 16.5. The number of sulfonamides is 1. The number of hydrogen-bond donors (Lipinski definition) is 0. The van der Waals surface area contributed by atoms with Crippen molar-refractivity contribution in [2.75, 3.05) is 26.2 Å². The Bertz CT molecular complexity index is 1500. The minimum absolute atomic E-state index is 0.133. The molecule has 0 radical (unpaired) electrons. The number of benzene rings is 2. The van der Waals surface area contributed by atoms with E-state index in [0.29, 0.717) is 24.2 Å². The van der Waals surface area contributed by atoms with Crippen molar-refractivity contribution in [1.82, 2.24) is 14.2 Å². The fourth-order valence-corrected chi connectivity index (χ4v) is 6.16. The van der Waals surface area contributed by atoms with Gasteiger partial charge >= 0.3 is 0 Å². The molecule has 1 fully saturated rings. The molecule has 2 aromatic heterocycles. The maximum atomic E-state index is 13.5. The summed E-state index contributed by atoms with van der Waals surface area (Å²) in [6, 6.07) is 21.2. The monoisotopic (exact) mass is 488 g/mol. The second-order valence-corrected chi connectivity index (χ2v) is 10.8. The molecule has 0 spiro atoms. The van der Waals surface area contributed by atoms with Crippen LogP contribution in [0.5, 0.6) is 0 Å². The summed E-state index contributed by atoms with van der Waals surface area (Å²) in [5.41, 5.74) is 2.47. The van der Waals surface area contributed by atoms with E-state index in [9.17, 15) is 13.2 Å². The maximum Gasteiger partial charge on any atom is 0.254 e. The van der Waals surface area contributed by atoms with E-state index in [4.69, 9.17) is 10.2 Å². The molecule has 0 bridgehead atoms. The Balaban J connectivity index is 1.38. The SMILES string of the molecule is N#Cc1ccc(S(=O)(=O)N2CCN(C(=O)c3cc(-c4cccs4)nc4ccccc34)CC2)cc1. The van der Waals surface area contributed by atoms with E-state index in [2.05, 4.69) is 0 Å². The van der Waals surface area contributed by atoms with Gasteiger partial charge in [0.1, 0.15) is 0 Å². The molecule has 5 rings (SSSR count). The van der Waals surface area contributed by atoms with Gasteiger partial charge in [0.25, 0.3) is 5.91 Å². The molecule has 1 amide bonds. The highest BCUT2D eigenvalue weighted by molar-refractivity contribution is 7.89. The van der Waals surface area contributed by atoms with Gasteiger partial charge in [0.15, 0.2) is 0 Å². The number of fused-ring (bicyclic) bond motifs is 1. The topological polar surface area (TPSA) is 94.4 Å². The summed E-state index contributed by atoms with van der Waals surface area (Å²) in [4.78, 5) is 21.1. The van der Waals surface area contributed by atoms with Crippen LogP contribution in [-0.2, 0) is 10.0 Å². The standard InChI is InChI=1S/C25H20N4O3S2/c26-17-18-7-9-19(10-8-18)34(31,32)29-13-11-28(12-14-29)25(30)21-16-23(24-6-3-15-33-24)27-22-5-2-1-4-20(21)22/h1-10,15-16H,11-14H2. The fraction of sp³-hybridized carbons (Fsp3) is 0.160. The third-order valence-corrected chi connectivity index (χ3v) is 8.67. The van der Waals surface area contributed by atoms with Gasteiger partial charge in [0.05, 0.1) is 38.2 Å². The van der Waals surface area contributed by atoms with E-state index < -0.39 is 10.0 Å². The zero-order valence-corrected chi connectivity index (χ0v) is 19.7. The minimum atomic E-state index is -3.69. The van der Waals surface area contributed by atoms with Gasteiger partial charge in [-0.25, -0.2) is 13.4 Å². The molecule has 4 aromatic rings. The van der Waals surface area contributed by atoms with Gasteiger partial charge in [0.2, 0.25) is 10.0 Å². The van der Waals surface area contributed by atoms with Gasteiger partial charge < -0.3 is 4.90 Å². The van der Waals surface area contributed by atoms with Gasteiger partial charge in [-0.15, -0.1) is 11.3 Å². The number of thiophene rings is 1. The Morgan fingerprint density at radius 2 is 1.71 bits per heavy atom. The van der Waals surface area contributed by atoms with Crippen LogP contribution in [0.3, 0.4) is 0 Å². The third kappa shape index (κ3) is 4.07. The molecule has 9 heteroatoms. The first kappa shape index (κ1) is 22.2. The normalized spacial score (nSPS) is 14.7. The number of carbonyl (C=O) groups is 1. The van der Waals surface area contributed by atoms with E-state index in [1.807, 2.05) is 53.9 Å². The van der Waals surface area contributed by atoms with Crippen LogP contribution >= 0.6 is 11.3 Å². The molecule has 1 saturated heterocycles. The summed E-state index contributed by atoms with van der Waals surface area (Å²) in [7, 11) is -3.69. The zero-order valence-electron chi connectivity index (χ0n) is 18.1. The van der Waals surface area contributed by atoms with Crippen molar-refractivity contribution in [3.05, 3.63) is 83.2 Å². The molecule has 3 heterocycles. The molecule has 1 aliphatic rings. The molecule has 170 valence electrons. The van der Waals surface area contributed by atoms with Crippen molar-refractivity contribution < 1.29 is 13.2 Å². The second kappa shape index (κ2) is 8.99. The highest BCUT2D eigenvalue weighted by Gasteiger charge is 2.31. The molecule has 0 atom stereocenters. The quantitative estimate of drug-likeness (QED) is 0.433. The van der Waals surface area contributed by atoms with E-state index in [0.717, 1.165) is 21.5 Å². The van der Waals surface area contributed by atoms with Gasteiger partial charge in [-0.2, -0.15) is 9.57 Å². The maximum absolute atomic E-state index is 13.5. The highest BCUT2D eigenvalue weighted by atomic mass is 32.2. The van der Waals surface area contributed by atoms with Crippen LogP contribution in [0.25, 0.3) is 21.5 Å². The van der Waals surface area contributed by atoms with Crippen LogP contribution in [0.15, 0.2) is 77.0 Å². The number of pyridine rings is 1. The van der Waals surface area contributed by atoms with Gasteiger partial charge in [-0.05, 0) is 47.8 Å². The molecule has 0 saturated carbocycles. The fourth-order valence-electron chi connectivity index (χ4n) is 4.06. The minimum Gasteiger partial charge on any atom is -0.336 e. The van der Waals surface area contributed by atoms with E-state index in [-0.39, 0.29) is 23.9 Å². The Morgan fingerprint density at radius 3 is 2.38 bits per heavy atom. The lowest BCUT2D eigenvalue weighted by Crippen LogP contribution is -2.50. The van der Waals surface area contributed by atoms with Crippen molar-refractivity contribution in [2.45, 2.75) is 4.90 Å². The molecule has 1 aliphatic heterocycles. The number of carbonyl (C=O) groups excluding carboxylic acids is 1. The van der Waals surface area contributed by atoms with Crippen molar-refractivity contribution >= 4 is 38.2 Å². The van der Waals surface area contributed by atoms with Crippen LogP contribution in [0, 0.1) is 11.3 Å². The Kier molecular flexibility index (Phi) is 5.87. The van der Waals surface area contributed by atoms with Gasteiger partial charge in [0, 0.05) is 31.6 Å². The predicted octanol–water partition coefficient (Wildman–Crippen LogP) is 3.98. The zero-order chi connectivity index (χ0) is 23.7. The molecular weight excluding hydrogens is 468 g/mol. The molecule has 7 nitrogen and oxygen atoms in total. The molecule has 0 unspecified atom stereocenters. The number of aromatic nitrogens is 1. The number of amides is 1. The Hall–Kier alpha value is -3.58. The summed E-state index contributed by atoms with van der Waals surface area (Å²) in [6.45, 7) is 0.988. The van der Waals surface area contributed by atoms with Crippen molar-refractivity contribution in [3.63, 3.8) is 0 Å². The summed E-state index contributed by atoms with van der Waals surface area (Å²) < 4.78 is 27.4. The van der Waals surface area contributed by atoms with E-state index >= 15 is 0 Å². The van der Waals surface area contributed by atoms with Crippen LogP contribution in [-0.4, -0.2) is 54.7 Å². The van der Waals surface area contributed by atoms with Crippen molar-refractivity contribution in [2.24, 2.45) is 0 Å². The highest BCUT2D eigenvalue weighted by Crippen LogP contribution is 2.29. The van der Waals surface area contributed by atoms with Crippen LogP contribution in [0.4, 0.5) is 0 Å². The first-order valence-corrected chi connectivity index (χ1v) is 13.0. The average molecular weight is 489 g/mol. The number of nitrogens with zero attached hydrogens (tertiary/aromatic N) is 4. The first-order valence-electron chi connectivity index (χ1n) is 10.7.